The Morgan fingerprint density at radius 1 is 1.29 bits per heavy atom. The molecule has 7 heteroatoms. The molecule has 21 heavy (non-hydrogen) atoms. The predicted molar refractivity (Wildman–Crippen MR) is 70.0 cm³/mol. The Hall–Kier alpha value is -2.88. The summed E-state index contributed by atoms with van der Waals surface area (Å²) in [7, 11) is 0. The van der Waals surface area contributed by atoms with Crippen LogP contribution in [0.25, 0.3) is 0 Å². The zero-order chi connectivity index (χ0) is 15.8. The van der Waals surface area contributed by atoms with Gasteiger partial charge in [0.15, 0.2) is 5.78 Å². The quantitative estimate of drug-likeness (QED) is 0.320. The molecule has 0 saturated carbocycles. The molecule has 0 aliphatic rings. The van der Waals surface area contributed by atoms with E-state index in [-0.39, 0.29) is 23.7 Å². The van der Waals surface area contributed by atoms with E-state index in [0.717, 1.165) is 6.07 Å². The van der Waals surface area contributed by atoms with Gasteiger partial charge in [-0.2, -0.15) is 5.26 Å². The van der Waals surface area contributed by atoms with Crippen LogP contribution >= 0.6 is 0 Å². The van der Waals surface area contributed by atoms with Crippen molar-refractivity contribution in [1.29, 1.82) is 5.26 Å². The van der Waals surface area contributed by atoms with E-state index in [4.69, 9.17) is 15.1 Å². The first-order chi connectivity index (χ1) is 9.95. The fourth-order valence-corrected chi connectivity index (χ4v) is 1.51. The number of ketones is 2. The predicted octanol–water partition coefficient (Wildman–Crippen LogP) is 1.30. The van der Waals surface area contributed by atoms with Crippen LogP contribution in [-0.4, -0.2) is 34.4 Å². The molecule has 0 amide bonds. The summed E-state index contributed by atoms with van der Waals surface area (Å²) in [4.78, 5) is 33.4. The molecule has 0 bridgehead atoms. The van der Waals surface area contributed by atoms with Crippen molar-refractivity contribution in [3.8, 4) is 17.6 Å². The van der Waals surface area contributed by atoms with E-state index in [9.17, 15) is 19.5 Å². The molecule has 0 aliphatic carbocycles. The van der Waals surface area contributed by atoms with Crippen molar-refractivity contribution in [2.24, 2.45) is 0 Å². The topological polar surface area (TPSA) is 125 Å². The summed E-state index contributed by atoms with van der Waals surface area (Å²) in [5.74, 6) is -3.76. The van der Waals surface area contributed by atoms with Crippen LogP contribution in [0.4, 0.5) is 0 Å². The van der Waals surface area contributed by atoms with Crippen LogP contribution in [0, 0.1) is 11.3 Å². The van der Waals surface area contributed by atoms with Gasteiger partial charge in [-0.3, -0.25) is 9.59 Å². The van der Waals surface area contributed by atoms with Gasteiger partial charge in [0.1, 0.15) is 11.5 Å². The average Bonchev–Trinajstić information content (AvgIpc) is 2.44. The highest BCUT2D eigenvalue weighted by atomic mass is 16.5. The van der Waals surface area contributed by atoms with E-state index in [1.54, 1.807) is 0 Å². The highest BCUT2D eigenvalue weighted by Crippen LogP contribution is 2.25. The highest BCUT2D eigenvalue weighted by Gasteiger charge is 2.21. The summed E-state index contributed by atoms with van der Waals surface area (Å²) in [5, 5.41) is 26.3. The molecule has 0 fully saturated rings. The van der Waals surface area contributed by atoms with Gasteiger partial charge in [0.05, 0.1) is 24.7 Å². The lowest BCUT2D eigenvalue weighted by Gasteiger charge is -2.10. The van der Waals surface area contributed by atoms with Gasteiger partial charge < -0.3 is 14.9 Å². The average molecular weight is 291 g/mol. The third-order valence-electron chi connectivity index (χ3n) is 2.51. The number of hydrogen-bond acceptors (Lipinski definition) is 6. The zero-order valence-corrected chi connectivity index (χ0v) is 11.0. The highest BCUT2D eigenvalue weighted by molar-refractivity contribution is 6.37. The summed E-state index contributed by atoms with van der Waals surface area (Å²) in [6, 6.07) is 5.70. The molecule has 0 radical (unpaired) electrons. The maximum Gasteiger partial charge on any atom is 0.372 e. The van der Waals surface area contributed by atoms with E-state index in [1.165, 1.54) is 12.1 Å². The molecule has 110 valence electrons. The van der Waals surface area contributed by atoms with Gasteiger partial charge in [-0.15, -0.1) is 0 Å². The Kier molecular flexibility index (Phi) is 5.89. The number of rotatable bonds is 8. The molecule has 0 saturated heterocycles. The summed E-state index contributed by atoms with van der Waals surface area (Å²) >= 11 is 0. The molecule has 0 atom stereocenters. The second-order valence-corrected chi connectivity index (χ2v) is 4.12. The van der Waals surface area contributed by atoms with Crippen molar-refractivity contribution >= 4 is 17.5 Å². The number of nitriles is 1. The van der Waals surface area contributed by atoms with Crippen LogP contribution < -0.4 is 4.74 Å². The minimum absolute atomic E-state index is 0.0680. The lowest BCUT2D eigenvalue weighted by Crippen LogP contribution is -2.17. The molecule has 1 aromatic carbocycles. The summed E-state index contributed by atoms with van der Waals surface area (Å²) in [5.41, 5.74) is -0.0680. The molecule has 0 aromatic heterocycles. The fraction of sp³-hybridized carbons (Fsp3) is 0.286. The van der Waals surface area contributed by atoms with E-state index in [0.29, 0.717) is 12.8 Å². The van der Waals surface area contributed by atoms with Gasteiger partial charge in [-0.1, -0.05) is 0 Å². The maximum atomic E-state index is 11.9. The second-order valence-electron chi connectivity index (χ2n) is 4.12. The standard InChI is InChI=1S/C14H13NO6/c15-5-1-2-6-21-13-4-3-9(16)7-10(13)11(17)8-12(18)14(19)20/h3-4,7,16H,1-2,6,8H2,(H,19,20). The van der Waals surface area contributed by atoms with E-state index in [2.05, 4.69) is 0 Å². The third-order valence-corrected chi connectivity index (χ3v) is 2.51. The number of phenolic OH excluding ortho intramolecular Hbond substituents is 1. The molecule has 0 spiro atoms. The number of carboxylic acids is 1. The van der Waals surface area contributed by atoms with Crippen LogP contribution in [-0.2, 0) is 9.59 Å². The largest absolute Gasteiger partial charge is 0.508 e. The van der Waals surface area contributed by atoms with Crippen molar-refractivity contribution in [3.63, 3.8) is 0 Å². The van der Waals surface area contributed by atoms with Crippen LogP contribution in [0.5, 0.6) is 11.5 Å². The first kappa shape index (κ1) is 16.2. The van der Waals surface area contributed by atoms with Gasteiger partial charge in [0.25, 0.3) is 0 Å². The van der Waals surface area contributed by atoms with Gasteiger partial charge in [-0.25, -0.2) is 4.79 Å². The number of benzene rings is 1. The zero-order valence-electron chi connectivity index (χ0n) is 11.0. The van der Waals surface area contributed by atoms with E-state index < -0.39 is 24.0 Å². The van der Waals surface area contributed by atoms with Crippen molar-refractivity contribution in [1.82, 2.24) is 0 Å². The minimum Gasteiger partial charge on any atom is -0.508 e. The number of unbranched alkanes of at least 4 members (excludes halogenated alkanes) is 1. The molecule has 2 N–H and O–H groups in total. The molecular formula is C14H13NO6. The number of carbonyl (C=O) groups is 3. The van der Waals surface area contributed by atoms with Crippen molar-refractivity contribution in [2.45, 2.75) is 19.3 Å². The Morgan fingerprint density at radius 3 is 2.62 bits per heavy atom. The summed E-state index contributed by atoms with van der Waals surface area (Å²) < 4.78 is 5.32. The number of hydrogen-bond donors (Lipinski definition) is 2. The summed E-state index contributed by atoms with van der Waals surface area (Å²) in [6.07, 6.45) is -0.0642. The van der Waals surface area contributed by atoms with Crippen molar-refractivity contribution < 1.29 is 29.3 Å². The smallest absolute Gasteiger partial charge is 0.372 e. The molecule has 0 unspecified atom stereocenters. The molecule has 0 aliphatic heterocycles. The number of carboxylic acid groups (broad SMARTS) is 1. The molecule has 7 nitrogen and oxygen atoms in total. The van der Waals surface area contributed by atoms with Crippen LogP contribution in [0.15, 0.2) is 18.2 Å². The number of ether oxygens (including phenoxy) is 1. The fourth-order valence-electron chi connectivity index (χ4n) is 1.51. The van der Waals surface area contributed by atoms with Gasteiger partial charge in [0, 0.05) is 6.42 Å². The van der Waals surface area contributed by atoms with Gasteiger partial charge in [-0.05, 0) is 24.6 Å². The number of carbonyl (C=O) groups excluding carboxylic acids is 2. The first-order valence-electron chi connectivity index (χ1n) is 6.07. The monoisotopic (exact) mass is 291 g/mol. The van der Waals surface area contributed by atoms with Crippen molar-refractivity contribution in [3.05, 3.63) is 23.8 Å². The van der Waals surface area contributed by atoms with Crippen molar-refractivity contribution in [2.75, 3.05) is 6.61 Å². The third kappa shape index (κ3) is 4.95. The van der Waals surface area contributed by atoms with Gasteiger partial charge in [0.2, 0.25) is 5.78 Å². The van der Waals surface area contributed by atoms with Crippen LogP contribution in [0.2, 0.25) is 0 Å². The normalized spacial score (nSPS) is 9.67. The Morgan fingerprint density at radius 2 is 2.00 bits per heavy atom. The van der Waals surface area contributed by atoms with Crippen LogP contribution in [0.1, 0.15) is 29.6 Å². The Labute approximate surface area is 120 Å². The molecule has 0 heterocycles. The number of Topliss-reactive ketones (excluding diaryl/α,β-unsaturated/α-hetero) is 2. The second kappa shape index (κ2) is 7.65. The SMILES string of the molecule is N#CCCCOc1ccc(O)cc1C(=O)CC(=O)C(=O)O. The molecular weight excluding hydrogens is 278 g/mol. The minimum atomic E-state index is -1.69. The Balaban J connectivity index is 2.86. The molecule has 1 rings (SSSR count). The summed E-state index contributed by atoms with van der Waals surface area (Å²) in [6.45, 7) is 0.186. The lowest BCUT2D eigenvalue weighted by molar-refractivity contribution is -0.148. The number of nitrogens with zero attached hydrogens (tertiary/aromatic N) is 1. The van der Waals surface area contributed by atoms with Crippen LogP contribution in [0.3, 0.4) is 0 Å². The van der Waals surface area contributed by atoms with E-state index in [1.807, 2.05) is 6.07 Å². The van der Waals surface area contributed by atoms with Gasteiger partial charge >= 0.3 is 5.97 Å². The number of phenols is 1. The maximum absolute atomic E-state index is 11.9. The lowest BCUT2D eigenvalue weighted by atomic mass is 10.0. The number of aromatic hydroxyl groups is 1. The number of aliphatic carboxylic acids is 1. The van der Waals surface area contributed by atoms with E-state index >= 15 is 0 Å². The first-order valence-corrected chi connectivity index (χ1v) is 6.07. The Bertz CT molecular complexity index is 602. The molecule has 1 aromatic rings.